The summed E-state index contributed by atoms with van der Waals surface area (Å²) >= 11 is 3.44. The average molecular weight is 343 g/mol. The molecule has 0 aliphatic carbocycles. The first-order chi connectivity index (χ1) is 10.2. The molecule has 3 rings (SSSR count). The fourth-order valence-corrected chi connectivity index (χ4v) is 2.33. The maximum absolute atomic E-state index is 5.23. The van der Waals surface area contributed by atoms with Crippen LogP contribution in [0.25, 0.3) is 11.3 Å². The number of aromatic nitrogens is 1. The SMILES string of the molecule is Cc1nc(-c2ccc(NCc3ccc(Br)cc3)cc2)co1. The minimum atomic E-state index is 0.683. The van der Waals surface area contributed by atoms with E-state index in [4.69, 9.17) is 4.42 Å². The molecule has 4 heteroatoms. The normalized spacial score (nSPS) is 10.6. The molecule has 0 bridgehead atoms. The van der Waals surface area contributed by atoms with Gasteiger partial charge >= 0.3 is 0 Å². The summed E-state index contributed by atoms with van der Waals surface area (Å²) in [6, 6.07) is 16.5. The molecule has 1 heterocycles. The maximum atomic E-state index is 5.23. The second-order valence-corrected chi connectivity index (χ2v) is 5.72. The Kier molecular flexibility index (Phi) is 4.06. The molecule has 0 atom stereocenters. The number of halogens is 1. The van der Waals surface area contributed by atoms with Crippen LogP contribution in [-0.4, -0.2) is 4.98 Å². The highest BCUT2D eigenvalue weighted by molar-refractivity contribution is 9.10. The Hall–Kier alpha value is -2.07. The fraction of sp³-hybridized carbons (Fsp3) is 0.118. The largest absolute Gasteiger partial charge is 0.449 e. The zero-order chi connectivity index (χ0) is 14.7. The number of hydrogen-bond donors (Lipinski definition) is 1. The summed E-state index contributed by atoms with van der Waals surface area (Å²) in [5.74, 6) is 0.683. The first-order valence-electron chi connectivity index (χ1n) is 6.71. The third-order valence-electron chi connectivity index (χ3n) is 3.21. The zero-order valence-electron chi connectivity index (χ0n) is 11.6. The molecule has 3 aromatic rings. The van der Waals surface area contributed by atoms with Crippen LogP contribution < -0.4 is 5.32 Å². The van der Waals surface area contributed by atoms with Crippen LogP contribution in [0, 0.1) is 6.92 Å². The lowest BCUT2D eigenvalue weighted by molar-refractivity contribution is 0.521. The fourth-order valence-electron chi connectivity index (χ4n) is 2.06. The Labute approximate surface area is 132 Å². The minimum absolute atomic E-state index is 0.683. The molecule has 0 radical (unpaired) electrons. The van der Waals surface area contributed by atoms with Gasteiger partial charge in [0.15, 0.2) is 5.89 Å². The van der Waals surface area contributed by atoms with Gasteiger partial charge in [-0.1, -0.05) is 40.2 Å². The lowest BCUT2D eigenvalue weighted by Gasteiger charge is -2.07. The van der Waals surface area contributed by atoms with E-state index >= 15 is 0 Å². The maximum Gasteiger partial charge on any atom is 0.191 e. The lowest BCUT2D eigenvalue weighted by atomic mass is 10.1. The van der Waals surface area contributed by atoms with Crippen molar-refractivity contribution in [2.45, 2.75) is 13.5 Å². The summed E-state index contributed by atoms with van der Waals surface area (Å²) in [5.41, 5.74) is 4.25. The molecule has 0 saturated heterocycles. The van der Waals surface area contributed by atoms with Crippen LogP contribution in [0.4, 0.5) is 5.69 Å². The predicted molar refractivity (Wildman–Crippen MR) is 88.1 cm³/mol. The summed E-state index contributed by atoms with van der Waals surface area (Å²) in [6.45, 7) is 2.65. The summed E-state index contributed by atoms with van der Waals surface area (Å²) in [5, 5.41) is 3.41. The van der Waals surface area contributed by atoms with Crippen LogP contribution in [0.5, 0.6) is 0 Å². The van der Waals surface area contributed by atoms with E-state index in [1.54, 1.807) is 6.26 Å². The van der Waals surface area contributed by atoms with E-state index in [1.165, 1.54) is 5.56 Å². The van der Waals surface area contributed by atoms with E-state index in [9.17, 15) is 0 Å². The molecule has 1 N–H and O–H groups in total. The van der Waals surface area contributed by atoms with Gasteiger partial charge in [-0.05, 0) is 29.8 Å². The van der Waals surface area contributed by atoms with E-state index < -0.39 is 0 Å². The summed E-state index contributed by atoms with van der Waals surface area (Å²) in [7, 11) is 0. The van der Waals surface area contributed by atoms with E-state index in [-0.39, 0.29) is 0 Å². The van der Waals surface area contributed by atoms with Crippen LogP contribution in [0.2, 0.25) is 0 Å². The molecule has 0 unspecified atom stereocenters. The van der Waals surface area contributed by atoms with Crippen molar-refractivity contribution in [2.24, 2.45) is 0 Å². The second kappa shape index (κ2) is 6.14. The van der Waals surface area contributed by atoms with Crippen LogP contribution in [0.3, 0.4) is 0 Å². The van der Waals surface area contributed by atoms with E-state index in [0.29, 0.717) is 5.89 Å². The van der Waals surface area contributed by atoms with E-state index in [2.05, 4.69) is 50.5 Å². The summed E-state index contributed by atoms with van der Waals surface area (Å²) in [4.78, 5) is 4.32. The highest BCUT2D eigenvalue weighted by Crippen LogP contribution is 2.21. The Morgan fingerprint density at radius 1 is 1.05 bits per heavy atom. The number of aryl methyl sites for hydroxylation is 1. The molecule has 0 spiro atoms. The Morgan fingerprint density at radius 3 is 2.38 bits per heavy atom. The number of nitrogens with one attached hydrogen (secondary N) is 1. The van der Waals surface area contributed by atoms with Crippen molar-refractivity contribution >= 4 is 21.6 Å². The van der Waals surface area contributed by atoms with Crippen LogP contribution in [-0.2, 0) is 6.54 Å². The van der Waals surface area contributed by atoms with Crippen LogP contribution in [0.15, 0.2) is 63.7 Å². The molecule has 0 amide bonds. The van der Waals surface area contributed by atoms with Gasteiger partial charge in [-0.15, -0.1) is 0 Å². The highest BCUT2D eigenvalue weighted by Gasteiger charge is 2.03. The third-order valence-corrected chi connectivity index (χ3v) is 3.74. The molecule has 106 valence electrons. The van der Waals surface area contributed by atoms with Crippen LogP contribution in [0.1, 0.15) is 11.5 Å². The van der Waals surface area contributed by atoms with Gasteiger partial charge in [0.1, 0.15) is 12.0 Å². The molecule has 0 aliphatic rings. The molecule has 0 aliphatic heterocycles. The lowest BCUT2D eigenvalue weighted by Crippen LogP contribution is -1.98. The van der Waals surface area contributed by atoms with Gasteiger partial charge in [0, 0.05) is 29.2 Å². The van der Waals surface area contributed by atoms with Crippen molar-refractivity contribution in [3.05, 3.63) is 70.7 Å². The number of hydrogen-bond acceptors (Lipinski definition) is 3. The number of rotatable bonds is 4. The molecule has 1 aromatic heterocycles. The molecule has 0 saturated carbocycles. The first kappa shape index (κ1) is 13.9. The second-order valence-electron chi connectivity index (χ2n) is 4.81. The quantitative estimate of drug-likeness (QED) is 0.722. The average Bonchev–Trinajstić information content (AvgIpc) is 2.94. The van der Waals surface area contributed by atoms with Crippen molar-refractivity contribution in [3.63, 3.8) is 0 Å². The van der Waals surface area contributed by atoms with Gasteiger partial charge in [0.25, 0.3) is 0 Å². The zero-order valence-corrected chi connectivity index (χ0v) is 13.2. The standard InChI is InChI=1S/C17H15BrN2O/c1-12-20-17(11-21-12)14-4-8-16(9-5-14)19-10-13-2-6-15(18)7-3-13/h2-9,11,19H,10H2,1H3. The molecular formula is C17H15BrN2O. The minimum Gasteiger partial charge on any atom is -0.449 e. The van der Waals surface area contributed by atoms with Crippen molar-refractivity contribution in [1.29, 1.82) is 0 Å². The first-order valence-corrected chi connectivity index (χ1v) is 7.51. The number of nitrogens with zero attached hydrogens (tertiary/aromatic N) is 1. The van der Waals surface area contributed by atoms with Gasteiger partial charge in [-0.3, -0.25) is 0 Å². The Bertz CT molecular complexity index is 717. The van der Waals surface area contributed by atoms with Gasteiger partial charge < -0.3 is 9.73 Å². The van der Waals surface area contributed by atoms with Gasteiger partial charge in [-0.2, -0.15) is 0 Å². The molecule has 2 aromatic carbocycles. The molecule has 21 heavy (non-hydrogen) atoms. The van der Waals surface area contributed by atoms with Gasteiger partial charge in [-0.25, -0.2) is 4.98 Å². The molecule has 0 fully saturated rings. The monoisotopic (exact) mass is 342 g/mol. The van der Waals surface area contributed by atoms with E-state index in [1.807, 2.05) is 31.2 Å². The van der Waals surface area contributed by atoms with E-state index in [0.717, 1.165) is 28.0 Å². The van der Waals surface area contributed by atoms with Crippen LogP contribution >= 0.6 is 15.9 Å². The topological polar surface area (TPSA) is 38.1 Å². The van der Waals surface area contributed by atoms with Crippen molar-refractivity contribution in [2.75, 3.05) is 5.32 Å². The summed E-state index contributed by atoms with van der Waals surface area (Å²) < 4.78 is 6.33. The van der Waals surface area contributed by atoms with Crippen molar-refractivity contribution in [1.82, 2.24) is 4.98 Å². The number of oxazole rings is 1. The highest BCUT2D eigenvalue weighted by atomic mass is 79.9. The Morgan fingerprint density at radius 2 is 1.76 bits per heavy atom. The van der Waals surface area contributed by atoms with Gasteiger partial charge in [0.2, 0.25) is 0 Å². The molecule has 3 nitrogen and oxygen atoms in total. The molecular weight excluding hydrogens is 328 g/mol. The van der Waals surface area contributed by atoms with Gasteiger partial charge in [0.05, 0.1) is 0 Å². The van der Waals surface area contributed by atoms with Crippen molar-refractivity contribution in [3.8, 4) is 11.3 Å². The smallest absolute Gasteiger partial charge is 0.191 e. The Balaban J connectivity index is 1.65. The number of anilines is 1. The summed E-state index contributed by atoms with van der Waals surface area (Å²) in [6.07, 6.45) is 1.68. The number of benzene rings is 2. The van der Waals surface area contributed by atoms with Crippen molar-refractivity contribution < 1.29 is 4.42 Å². The predicted octanol–water partition coefficient (Wildman–Crippen LogP) is 5.02. The third kappa shape index (κ3) is 3.52.